The van der Waals surface area contributed by atoms with Crippen molar-refractivity contribution in [1.82, 2.24) is 0 Å². The summed E-state index contributed by atoms with van der Waals surface area (Å²) in [5, 5.41) is 2.89. The third-order valence-corrected chi connectivity index (χ3v) is 3.49. The summed E-state index contributed by atoms with van der Waals surface area (Å²) in [7, 11) is 0. The van der Waals surface area contributed by atoms with Crippen LogP contribution in [0.5, 0.6) is 5.75 Å². The number of aryl methyl sites for hydroxylation is 2. The molecule has 102 valence electrons. The number of hydrogen-bond donors (Lipinski definition) is 1. The molecular weight excluding hydrogens is 250 g/mol. The Morgan fingerprint density at radius 1 is 1.20 bits per heavy atom. The van der Waals surface area contributed by atoms with E-state index < -0.39 is 6.10 Å². The van der Waals surface area contributed by atoms with Crippen molar-refractivity contribution in [1.29, 1.82) is 0 Å². The van der Waals surface area contributed by atoms with Gasteiger partial charge in [-0.3, -0.25) is 4.79 Å². The van der Waals surface area contributed by atoms with E-state index in [2.05, 4.69) is 18.3 Å². The summed E-state index contributed by atoms with van der Waals surface area (Å²) in [6, 6.07) is 15.6. The normalized spacial score (nSPS) is 16.9. The lowest BCUT2D eigenvalue weighted by molar-refractivity contribution is -0.123. The molecule has 0 aliphatic carbocycles. The van der Waals surface area contributed by atoms with Crippen LogP contribution < -0.4 is 10.1 Å². The van der Waals surface area contributed by atoms with Crippen LogP contribution in [0.2, 0.25) is 0 Å². The molecule has 1 aliphatic rings. The maximum absolute atomic E-state index is 12.2. The number of fused-ring (bicyclic) bond motifs is 1. The molecule has 1 aliphatic heterocycles. The highest BCUT2D eigenvalue weighted by molar-refractivity contribution is 5.94. The topological polar surface area (TPSA) is 38.3 Å². The van der Waals surface area contributed by atoms with Gasteiger partial charge >= 0.3 is 0 Å². The van der Waals surface area contributed by atoms with Crippen LogP contribution in [-0.4, -0.2) is 12.0 Å². The SMILES string of the molecule is Cc1ccc2c(c1)CCC(C(=O)Nc1ccccc1)O2. The van der Waals surface area contributed by atoms with Crippen molar-refractivity contribution < 1.29 is 9.53 Å². The Bertz CT molecular complexity index is 622. The van der Waals surface area contributed by atoms with Crippen LogP contribution in [0.1, 0.15) is 17.5 Å². The highest BCUT2D eigenvalue weighted by Gasteiger charge is 2.26. The van der Waals surface area contributed by atoms with Gasteiger partial charge in [-0.2, -0.15) is 0 Å². The number of para-hydroxylation sites is 1. The van der Waals surface area contributed by atoms with Gasteiger partial charge in [0.05, 0.1) is 0 Å². The number of nitrogens with one attached hydrogen (secondary N) is 1. The van der Waals surface area contributed by atoms with Crippen molar-refractivity contribution in [3.8, 4) is 5.75 Å². The number of carbonyl (C=O) groups is 1. The number of benzene rings is 2. The predicted molar refractivity (Wildman–Crippen MR) is 79.0 cm³/mol. The van der Waals surface area contributed by atoms with Gasteiger partial charge in [0.2, 0.25) is 0 Å². The summed E-state index contributed by atoms with van der Waals surface area (Å²) in [5.74, 6) is 0.748. The molecule has 2 aromatic rings. The molecule has 3 heteroatoms. The lowest BCUT2D eigenvalue weighted by atomic mass is 10.00. The summed E-state index contributed by atoms with van der Waals surface area (Å²) < 4.78 is 5.81. The Hall–Kier alpha value is -2.29. The largest absolute Gasteiger partial charge is 0.480 e. The van der Waals surface area contributed by atoms with E-state index in [1.807, 2.05) is 42.5 Å². The molecule has 1 N–H and O–H groups in total. The quantitative estimate of drug-likeness (QED) is 0.906. The van der Waals surface area contributed by atoms with Crippen molar-refractivity contribution >= 4 is 11.6 Å². The van der Waals surface area contributed by atoms with E-state index in [9.17, 15) is 4.79 Å². The third kappa shape index (κ3) is 2.67. The molecule has 3 nitrogen and oxygen atoms in total. The van der Waals surface area contributed by atoms with Gasteiger partial charge in [0.15, 0.2) is 6.10 Å². The molecule has 0 spiro atoms. The van der Waals surface area contributed by atoms with E-state index >= 15 is 0 Å². The smallest absolute Gasteiger partial charge is 0.265 e. The zero-order chi connectivity index (χ0) is 13.9. The van der Waals surface area contributed by atoms with Crippen LogP contribution in [0.15, 0.2) is 48.5 Å². The molecule has 0 fully saturated rings. The van der Waals surface area contributed by atoms with Gasteiger partial charge in [0.1, 0.15) is 5.75 Å². The second-order valence-corrected chi connectivity index (χ2v) is 5.11. The van der Waals surface area contributed by atoms with E-state index in [1.54, 1.807) is 0 Å². The van der Waals surface area contributed by atoms with Crippen LogP contribution in [-0.2, 0) is 11.2 Å². The zero-order valence-corrected chi connectivity index (χ0v) is 11.4. The highest BCUT2D eigenvalue weighted by Crippen LogP contribution is 2.28. The first kappa shape index (κ1) is 12.7. The minimum atomic E-state index is -0.412. The molecule has 0 saturated heterocycles. The molecule has 1 unspecified atom stereocenters. The molecule has 2 aromatic carbocycles. The average molecular weight is 267 g/mol. The van der Waals surface area contributed by atoms with Crippen molar-refractivity contribution in [2.45, 2.75) is 25.9 Å². The Balaban J connectivity index is 1.70. The lowest BCUT2D eigenvalue weighted by Gasteiger charge is -2.25. The van der Waals surface area contributed by atoms with Gasteiger partial charge in [-0.1, -0.05) is 35.9 Å². The Kier molecular flexibility index (Phi) is 3.42. The molecule has 0 bridgehead atoms. The van der Waals surface area contributed by atoms with Crippen molar-refractivity contribution in [3.63, 3.8) is 0 Å². The van der Waals surface area contributed by atoms with E-state index in [1.165, 1.54) is 11.1 Å². The number of hydrogen-bond acceptors (Lipinski definition) is 2. The van der Waals surface area contributed by atoms with Crippen LogP contribution in [0, 0.1) is 6.92 Å². The molecule has 1 heterocycles. The minimum absolute atomic E-state index is 0.0811. The van der Waals surface area contributed by atoms with Crippen LogP contribution in [0.25, 0.3) is 0 Å². The van der Waals surface area contributed by atoms with E-state index in [-0.39, 0.29) is 5.91 Å². The Morgan fingerprint density at radius 2 is 2.00 bits per heavy atom. The summed E-state index contributed by atoms with van der Waals surface area (Å²) in [5.41, 5.74) is 3.21. The first-order chi connectivity index (χ1) is 9.72. The monoisotopic (exact) mass is 267 g/mol. The van der Waals surface area contributed by atoms with E-state index in [0.29, 0.717) is 0 Å². The molecule has 0 saturated carbocycles. The Morgan fingerprint density at radius 3 is 2.80 bits per heavy atom. The zero-order valence-electron chi connectivity index (χ0n) is 11.4. The summed E-state index contributed by atoms with van der Waals surface area (Å²) in [6.07, 6.45) is 1.18. The molecule has 20 heavy (non-hydrogen) atoms. The molecule has 3 rings (SSSR count). The molecular formula is C17H17NO2. The number of rotatable bonds is 2. The molecule has 0 aromatic heterocycles. The Labute approximate surface area is 118 Å². The molecule has 0 radical (unpaired) electrons. The van der Waals surface area contributed by atoms with E-state index in [0.717, 1.165) is 24.3 Å². The fourth-order valence-corrected chi connectivity index (χ4v) is 2.45. The first-order valence-corrected chi connectivity index (χ1v) is 6.84. The van der Waals surface area contributed by atoms with Crippen molar-refractivity contribution in [2.24, 2.45) is 0 Å². The fourth-order valence-electron chi connectivity index (χ4n) is 2.45. The second-order valence-electron chi connectivity index (χ2n) is 5.11. The van der Waals surface area contributed by atoms with Gasteiger partial charge < -0.3 is 10.1 Å². The van der Waals surface area contributed by atoms with Gasteiger partial charge in [0, 0.05) is 5.69 Å². The highest BCUT2D eigenvalue weighted by atomic mass is 16.5. The predicted octanol–water partition coefficient (Wildman–Crippen LogP) is 3.33. The van der Waals surface area contributed by atoms with Crippen LogP contribution in [0.3, 0.4) is 0 Å². The number of anilines is 1. The second kappa shape index (κ2) is 5.37. The van der Waals surface area contributed by atoms with Crippen molar-refractivity contribution in [3.05, 3.63) is 59.7 Å². The lowest BCUT2D eigenvalue weighted by Crippen LogP contribution is -2.35. The number of ether oxygens (including phenoxy) is 1. The standard InChI is InChI=1S/C17H17NO2/c1-12-7-9-15-13(11-12)8-10-16(20-15)17(19)18-14-5-3-2-4-6-14/h2-7,9,11,16H,8,10H2,1H3,(H,18,19). The minimum Gasteiger partial charge on any atom is -0.480 e. The number of carbonyl (C=O) groups excluding carboxylic acids is 1. The maximum atomic E-state index is 12.2. The van der Waals surface area contributed by atoms with E-state index in [4.69, 9.17) is 4.74 Å². The van der Waals surface area contributed by atoms with Gasteiger partial charge in [-0.25, -0.2) is 0 Å². The third-order valence-electron chi connectivity index (χ3n) is 3.49. The average Bonchev–Trinajstić information content (AvgIpc) is 2.47. The summed E-state index contributed by atoms with van der Waals surface area (Å²) in [4.78, 5) is 12.2. The van der Waals surface area contributed by atoms with Gasteiger partial charge in [0.25, 0.3) is 5.91 Å². The summed E-state index contributed by atoms with van der Waals surface area (Å²) in [6.45, 7) is 2.06. The van der Waals surface area contributed by atoms with Crippen molar-refractivity contribution in [2.75, 3.05) is 5.32 Å². The fraction of sp³-hybridized carbons (Fsp3) is 0.235. The van der Waals surface area contributed by atoms with Crippen LogP contribution in [0.4, 0.5) is 5.69 Å². The first-order valence-electron chi connectivity index (χ1n) is 6.84. The van der Waals surface area contributed by atoms with Crippen LogP contribution >= 0.6 is 0 Å². The maximum Gasteiger partial charge on any atom is 0.265 e. The molecule has 1 atom stereocenters. The van der Waals surface area contributed by atoms with Gasteiger partial charge in [-0.15, -0.1) is 0 Å². The number of amides is 1. The van der Waals surface area contributed by atoms with Gasteiger partial charge in [-0.05, 0) is 43.5 Å². The summed E-state index contributed by atoms with van der Waals surface area (Å²) >= 11 is 0. The molecule has 1 amide bonds.